The average molecular weight is 243 g/mol. The molecule has 0 saturated heterocycles. The van der Waals surface area contributed by atoms with Crippen molar-refractivity contribution in [2.24, 2.45) is 5.73 Å². The molecule has 0 aliphatic carbocycles. The molecule has 0 bridgehead atoms. The van der Waals surface area contributed by atoms with Crippen molar-refractivity contribution in [1.82, 2.24) is 0 Å². The van der Waals surface area contributed by atoms with Crippen LogP contribution in [0, 0.1) is 0 Å². The van der Waals surface area contributed by atoms with E-state index in [9.17, 15) is 4.79 Å². The number of thioether (sulfide) groups is 2. The number of benzene rings is 1. The predicted octanol–water partition coefficient (Wildman–Crippen LogP) is 2.21. The monoisotopic (exact) mass is 243 g/mol. The quantitative estimate of drug-likeness (QED) is 0.794. The Kier molecular flexibility index (Phi) is 4.50. The average Bonchev–Trinajstić information content (AvgIpc) is 2.26. The van der Waals surface area contributed by atoms with Crippen LogP contribution in [0.2, 0.25) is 0 Å². The van der Waals surface area contributed by atoms with Crippen LogP contribution in [0.4, 0.5) is 0 Å². The second kappa shape index (κ2) is 5.44. The van der Waals surface area contributed by atoms with E-state index in [0.29, 0.717) is 5.56 Å². The first-order chi connectivity index (χ1) is 7.11. The molecule has 0 radical (unpaired) electrons. The maximum Gasteiger partial charge on any atom is 0.325 e. The van der Waals surface area contributed by atoms with Gasteiger partial charge in [-0.25, -0.2) is 0 Å². The SMILES string of the molecule is CSc1cccc(C(N)C(=O)O)c1SC. The van der Waals surface area contributed by atoms with Gasteiger partial charge in [-0.3, -0.25) is 4.79 Å². The van der Waals surface area contributed by atoms with E-state index in [1.165, 1.54) is 11.8 Å². The molecule has 3 nitrogen and oxygen atoms in total. The van der Waals surface area contributed by atoms with Gasteiger partial charge >= 0.3 is 5.97 Å². The molecule has 3 N–H and O–H groups in total. The lowest BCUT2D eigenvalue weighted by Crippen LogP contribution is -2.21. The number of nitrogens with two attached hydrogens (primary N) is 1. The van der Waals surface area contributed by atoms with Crippen LogP contribution in [0.25, 0.3) is 0 Å². The summed E-state index contributed by atoms with van der Waals surface area (Å²) in [5.74, 6) is -0.997. The maximum absolute atomic E-state index is 10.8. The van der Waals surface area contributed by atoms with Gasteiger partial charge in [-0.15, -0.1) is 23.5 Å². The van der Waals surface area contributed by atoms with E-state index in [1.807, 2.05) is 24.6 Å². The Morgan fingerprint density at radius 2 is 2.07 bits per heavy atom. The number of rotatable bonds is 4. The minimum atomic E-state index is -0.997. The molecule has 1 aromatic carbocycles. The molecule has 0 heterocycles. The van der Waals surface area contributed by atoms with Crippen LogP contribution in [0.5, 0.6) is 0 Å². The van der Waals surface area contributed by atoms with Gasteiger partial charge in [0.05, 0.1) is 0 Å². The molecule has 5 heteroatoms. The molecule has 1 aromatic rings. The summed E-state index contributed by atoms with van der Waals surface area (Å²) in [6, 6.07) is 4.63. The topological polar surface area (TPSA) is 63.3 Å². The van der Waals surface area contributed by atoms with Gasteiger partial charge in [0.2, 0.25) is 0 Å². The van der Waals surface area contributed by atoms with Gasteiger partial charge < -0.3 is 10.8 Å². The van der Waals surface area contributed by atoms with Crippen LogP contribution in [0.15, 0.2) is 28.0 Å². The van der Waals surface area contributed by atoms with E-state index >= 15 is 0 Å². The van der Waals surface area contributed by atoms with Gasteiger partial charge in [0, 0.05) is 9.79 Å². The van der Waals surface area contributed by atoms with Crippen molar-refractivity contribution in [3.8, 4) is 0 Å². The summed E-state index contributed by atoms with van der Waals surface area (Å²) >= 11 is 3.12. The lowest BCUT2D eigenvalue weighted by Gasteiger charge is -2.14. The second-order valence-electron chi connectivity index (χ2n) is 2.90. The molecule has 15 heavy (non-hydrogen) atoms. The van der Waals surface area contributed by atoms with Gasteiger partial charge in [-0.1, -0.05) is 12.1 Å². The van der Waals surface area contributed by atoms with Gasteiger partial charge in [0.25, 0.3) is 0 Å². The lowest BCUT2D eigenvalue weighted by molar-refractivity contribution is -0.138. The number of carbonyl (C=O) groups is 1. The fourth-order valence-electron chi connectivity index (χ4n) is 1.29. The molecular formula is C10H13NO2S2. The molecule has 1 rings (SSSR count). The van der Waals surface area contributed by atoms with Crippen LogP contribution in [0.3, 0.4) is 0 Å². The van der Waals surface area contributed by atoms with Crippen LogP contribution in [-0.2, 0) is 4.79 Å². The van der Waals surface area contributed by atoms with Crippen molar-refractivity contribution >= 4 is 29.5 Å². The van der Waals surface area contributed by atoms with E-state index in [2.05, 4.69) is 0 Å². The Hall–Kier alpha value is -0.650. The normalized spacial score (nSPS) is 12.5. The number of hydrogen-bond acceptors (Lipinski definition) is 4. The van der Waals surface area contributed by atoms with E-state index in [4.69, 9.17) is 10.8 Å². The molecule has 0 amide bonds. The predicted molar refractivity (Wildman–Crippen MR) is 64.6 cm³/mol. The maximum atomic E-state index is 10.8. The van der Waals surface area contributed by atoms with Gasteiger partial charge in [-0.05, 0) is 24.1 Å². The standard InChI is InChI=1S/C10H13NO2S2/c1-14-7-5-3-4-6(9(7)15-2)8(11)10(12)13/h3-5,8H,11H2,1-2H3,(H,12,13). The largest absolute Gasteiger partial charge is 0.480 e. The van der Waals surface area contributed by atoms with Crippen LogP contribution in [-0.4, -0.2) is 23.6 Å². The van der Waals surface area contributed by atoms with Crippen molar-refractivity contribution < 1.29 is 9.90 Å². The molecular weight excluding hydrogens is 230 g/mol. The molecule has 0 aliphatic rings. The van der Waals surface area contributed by atoms with Crippen LogP contribution in [0.1, 0.15) is 11.6 Å². The molecule has 82 valence electrons. The number of hydrogen-bond donors (Lipinski definition) is 2. The summed E-state index contributed by atoms with van der Waals surface area (Å²) in [6.07, 6.45) is 3.89. The smallest absolute Gasteiger partial charge is 0.325 e. The number of aliphatic carboxylic acids is 1. The summed E-state index contributed by atoms with van der Waals surface area (Å²) in [7, 11) is 0. The highest BCUT2D eigenvalue weighted by Gasteiger charge is 2.19. The zero-order valence-corrected chi connectivity index (χ0v) is 10.2. The Labute approximate surface area is 97.4 Å². The third-order valence-corrected chi connectivity index (χ3v) is 3.81. The Balaban J connectivity index is 3.22. The second-order valence-corrected chi connectivity index (χ2v) is 4.56. The van der Waals surface area contributed by atoms with Crippen molar-refractivity contribution in [2.75, 3.05) is 12.5 Å². The van der Waals surface area contributed by atoms with E-state index in [-0.39, 0.29) is 0 Å². The van der Waals surface area contributed by atoms with Gasteiger partial charge in [0.15, 0.2) is 0 Å². The number of carboxylic acid groups (broad SMARTS) is 1. The first kappa shape index (κ1) is 12.4. The lowest BCUT2D eigenvalue weighted by atomic mass is 10.1. The summed E-state index contributed by atoms with van der Waals surface area (Å²) in [6.45, 7) is 0. The summed E-state index contributed by atoms with van der Waals surface area (Å²) in [5, 5.41) is 8.88. The van der Waals surface area contributed by atoms with Gasteiger partial charge in [0.1, 0.15) is 6.04 Å². The van der Waals surface area contributed by atoms with Gasteiger partial charge in [-0.2, -0.15) is 0 Å². The molecule has 1 unspecified atom stereocenters. The van der Waals surface area contributed by atoms with Crippen LogP contribution < -0.4 is 5.73 Å². The van der Waals surface area contributed by atoms with Crippen molar-refractivity contribution in [3.05, 3.63) is 23.8 Å². The van der Waals surface area contributed by atoms with Crippen molar-refractivity contribution in [3.63, 3.8) is 0 Å². The minimum Gasteiger partial charge on any atom is -0.480 e. The third-order valence-electron chi connectivity index (χ3n) is 2.03. The zero-order chi connectivity index (χ0) is 11.4. The highest BCUT2D eigenvalue weighted by molar-refractivity contribution is 8.01. The van der Waals surface area contributed by atoms with Crippen LogP contribution >= 0.6 is 23.5 Å². The van der Waals surface area contributed by atoms with E-state index in [1.54, 1.807) is 17.8 Å². The molecule has 0 aromatic heterocycles. The fourth-order valence-corrected chi connectivity index (χ4v) is 3.01. The Morgan fingerprint density at radius 1 is 1.40 bits per heavy atom. The highest BCUT2D eigenvalue weighted by Crippen LogP contribution is 2.33. The number of carboxylic acids is 1. The van der Waals surface area contributed by atoms with Crippen molar-refractivity contribution in [2.45, 2.75) is 15.8 Å². The van der Waals surface area contributed by atoms with Crippen molar-refractivity contribution in [1.29, 1.82) is 0 Å². The molecule has 0 aliphatic heterocycles. The summed E-state index contributed by atoms with van der Waals surface area (Å²) in [4.78, 5) is 12.9. The summed E-state index contributed by atoms with van der Waals surface area (Å²) < 4.78 is 0. The summed E-state index contributed by atoms with van der Waals surface area (Å²) in [5.41, 5.74) is 6.30. The molecule has 1 atom stereocenters. The first-order valence-electron chi connectivity index (χ1n) is 4.31. The Morgan fingerprint density at radius 3 is 2.53 bits per heavy atom. The third kappa shape index (κ3) is 2.68. The fraction of sp³-hybridized carbons (Fsp3) is 0.300. The zero-order valence-electron chi connectivity index (χ0n) is 8.56. The molecule has 0 fully saturated rings. The van der Waals surface area contributed by atoms with E-state index in [0.717, 1.165) is 9.79 Å². The van der Waals surface area contributed by atoms with E-state index < -0.39 is 12.0 Å². The highest BCUT2D eigenvalue weighted by atomic mass is 32.2. The molecule has 0 spiro atoms. The molecule has 0 saturated carbocycles. The first-order valence-corrected chi connectivity index (χ1v) is 6.76. The Bertz CT molecular complexity index is 368. The minimum absolute atomic E-state index is 0.682.